The van der Waals surface area contributed by atoms with Crippen molar-refractivity contribution in [3.8, 4) is 0 Å². The fourth-order valence-electron chi connectivity index (χ4n) is 2.00. The first-order valence-electron chi connectivity index (χ1n) is 6.40. The van der Waals surface area contributed by atoms with Gasteiger partial charge in [0.2, 0.25) is 5.91 Å². The highest BCUT2D eigenvalue weighted by Gasteiger charge is 2.15. The Labute approximate surface area is 122 Å². The van der Waals surface area contributed by atoms with E-state index in [0.717, 1.165) is 11.3 Å². The number of amides is 1. The lowest BCUT2D eigenvalue weighted by molar-refractivity contribution is -0.116. The molecule has 0 aliphatic rings. The van der Waals surface area contributed by atoms with Crippen molar-refractivity contribution in [3.63, 3.8) is 0 Å². The van der Waals surface area contributed by atoms with Crippen molar-refractivity contribution in [1.82, 2.24) is 4.57 Å². The first-order valence-corrected chi connectivity index (χ1v) is 6.40. The summed E-state index contributed by atoms with van der Waals surface area (Å²) in [6.07, 6.45) is 1.53. The number of hydrogen-bond acceptors (Lipinski definition) is 4. The lowest BCUT2D eigenvalue weighted by Gasteiger charge is -2.10. The number of nitrogens with one attached hydrogen (secondary N) is 1. The SMILES string of the molecule is COC(=O)c1cc(N)cn1CC(=O)Nc1ccccc1C. The monoisotopic (exact) mass is 287 g/mol. The molecule has 0 bridgehead atoms. The predicted molar refractivity (Wildman–Crippen MR) is 80.0 cm³/mol. The van der Waals surface area contributed by atoms with Crippen LogP contribution in [0.15, 0.2) is 36.5 Å². The normalized spacial score (nSPS) is 10.2. The second-order valence-electron chi connectivity index (χ2n) is 4.64. The van der Waals surface area contributed by atoms with Gasteiger partial charge in [-0.1, -0.05) is 18.2 Å². The zero-order valence-electron chi connectivity index (χ0n) is 11.9. The van der Waals surface area contributed by atoms with Crippen molar-refractivity contribution in [3.05, 3.63) is 47.8 Å². The van der Waals surface area contributed by atoms with E-state index in [1.165, 1.54) is 23.9 Å². The quantitative estimate of drug-likeness (QED) is 0.840. The first-order chi connectivity index (χ1) is 10.0. The zero-order valence-corrected chi connectivity index (χ0v) is 11.9. The van der Waals surface area contributed by atoms with Crippen LogP contribution in [0.1, 0.15) is 16.1 Å². The number of carbonyl (C=O) groups excluding carboxylic acids is 2. The van der Waals surface area contributed by atoms with Crippen LogP contribution in [0.5, 0.6) is 0 Å². The van der Waals surface area contributed by atoms with Crippen molar-refractivity contribution in [2.45, 2.75) is 13.5 Å². The summed E-state index contributed by atoms with van der Waals surface area (Å²) in [5.74, 6) is -0.777. The maximum absolute atomic E-state index is 12.1. The molecule has 1 aromatic heterocycles. The fourth-order valence-corrected chi connectivity index (χ4v) is 2.00. The van der Waals surface area contributed by atoms with Crippen molar-refractivity contribution in [1.29, 1.82) is 0 Å². The van der Waals surface area contributed by atoms with E-state index in [1.807, 2.05) is 31.2 Å². The molecule has 1 heterocycles. The van der Waals surface area contributed by atoms with Gasteiger partial charge in [-0.05, 0) is 24.6 Å². The minimum atomic E-state index is -0.532. The van der Waals surface area contributed by atoms with E-state index in [1.54, 1.807) is 0 Å². The molecule has 2 rings (SSSR count). The van der Waals surface area contributed by atoms with Gasteiger partial charge in [-0.25, -0.2) is 4.79 Å². The van der Waals surface area contributed by atoms with Gasteiger partial charge in [-0.3, -0.25) is 4.79 Å². The van der Waals surface area contributed by atoms with Gasteiger partial charge in [0.1, 0.15) is 12.2 Å². The number of aryl methyl sites for hydroxylation is 1. The lowest BCUT2D eigenvalue weighted by atomic mass is 10.2. The minimum Gasteiger partial charge on any atom is -0.464 e. The molecule has 0 atom stereocenters. The highest BCUT2D eigenvalue weighted by molar-refractivity contribution is 5.93. The molecule has 3 N–H and O–H groups in total. The van der Waals surface area contributed by atoms with Gasteiger partial charge in [0.25, 0.3) is 0 Å². The molecule has 1 aromatic carbocycles. The maximum Gasteiger partial charge on any atom is 0.354 e. The largest absolute Gasteiger partial charge is 0.464 e. The van der Waals surface area contributed by atoms with E-state index in [-0.39, 0.29) is 18.1 Å². The topological polar surface area (TPSA) is 86.3 Å². The third-order valence-electron chi connectivity index (χ3n) is 3.05. The molecule has 0 radical (unpaired) electrons. The number of ether oxygens (including phenoxy) is 1. The summed E-state index contributed by atoms with van der Waals surface area (Å²) in [5, 5.41) is 2.80. The summed E-state index contributed by atoms with van der Waals surface area (Å²) in [7, 11) is 1.28. The Morgan fingerprint density at radius 1 is 1.33 bits per heavy atom. The predicted octanol–water partition coefficient (Wildman–Crippen LogP) is 1.80. The Morgan fingerprint density at radius 2 is 2.05 bits per heavy atom. The van der Waals surface area contributed by atoms with Gasteiger partial charge >= 0.3 is 5.97 Å². The Balaban J connectivity index is 2.13. The number of carbonyl (C=O) groups is 2. The third-order valence-corrected chi connectivity index (χ3v) is 3.05. The van der Waals surface area contributed by atoms with Crippen LogP contribution in [-0.2, 0) is 16.1 Å². The van der Waals surface area contributed by atoms with Gasteiger partial charge in [-0.2, -0.15) is 0 Å². The number of rotatable bonds is 4. The van der Waals surface area contributed by atoms with Crippen molar-refractivity contribution in [2.24, 2.45) is 0 Å². The summed E-state index contributed by atoms with van der Waals surface area (Å²) in [5.41, 5.74) is 8.01. The molecule has 0 fully saturated rings. The minimum absolute atomic E-state index is 0.0179. The van der Waals surface area contributed by atoms with E-state index >= 15 is 0 Å². The Kier molecular flexibility index (Phi) is 4.27. The number of para-hydroxylation sites is 1. The number of benzene rings is 1. The van der Waals surface area contributed by atoms with Crippen LogP contribution >= 0.6 is 0 Å². The van der Waals surface area contributed by atoms with Crippen LogP contribution in [0.25, 0.3) is 0 Å². The molecule has 6 heteroatoms. The van der Waals surface area contributed by atoms with Gasteiger partial charge in [0.05, 0.1) is 12.8 Å². The number of aromatic nitrogens is 1. The number of anilines is 2. The van der Waals surface area contributed by atoms with Crippen molar-refractivity contribution < 1.29 is 14.3 Å². The van der Waals surface area contributed by atoms with Crippen LogP contribution in [0.2, 0.25) is 0 Å². The van der Waals surface area contributed by atoms with Crippen LogP contribution < -0.4 is 11.1 Å². The summed E-state index contributed by atoms with van der Waals surface area (Å²) < 4.78 is 6.13. The molecule has 110 valence electrons. The summed E-state index contributed by atoms with van der Waals surface area (Å²) in [6, 6.07) is 8.94. The molecule has 6 nitrogen and oxygen atoms in total. The van der Waals surface area contributed by atoms with E-state index in [9.17, 15) is 9.59 Å². The van der Waals surface area contributed by atoms with Crippen LogP contribution in [0.3, 0.4) is 0 Å². The summed E-state index contributed by atoms with van der Waals surface area (Å²) in [4.78, 5) is 23.7. The molecular formula is C15H17N3O3. The standard InChI is InChI=1S/C15H17N3O3/c1-10-5-3-4-6-12(10)17-14(19)9-18-8-11(16)7-13(18)15(20)21-2/h3-8H,9,16H2,1-2H3,(H,17,19). The van der Waals surface area contributed by atoms with Gasteiger partial charge in [-0.15, -0.1) is 0 Å². The molecule has 1 amide bonds. The Morgan fingerprint density at radius 3 is 2.71 bits per heavy atom. The highest BCUT2D eigenvalue weighted by Crippen LogP contribution is 2.15. The van der Waals surface area contributed by atoms with Crippen LogP contribution in [-0.4, -0.2) is 23.6 Å². The second kappa shape index (κ2) is 6.13. The number of nitrogens with zero attached hydrogens (tertiary/aromatic N) is 1. The molecule has 21 heavy (non-hydrogen) atoms. The number of methoxy groups -OCH3 is 1. The van der Waals surface area contributed by atoms with E-state index in [4.69, 9.17) is 5.73 Å². The summed E-state index contributed by atoms with van der Waals surface area (Å²) in [6.45, 7) is 1.89. The average Bonchev–Trinajstić information content (AvgIpc) is 2.81. The second-order valence-corrected chi connectivity index (χ2v) is 4.64. The molecule has 0 spiro atoms. The molecule has 0 saturated heterocycles. The van der Waals surface area contributed by atoms with Gasteiger partial charge < -0.3 is 20.4 Å². The lowest BCUT2D eigenvalue weighted by Crippen LogP contribution is -2.21. The number of hydrogen-bond donors (Lipinski definition) is 2. The third kappa shape index (κ3) is 3.42. The number of nitrogen functional groups attached to an aromatic ring is 1. The first kappa shape index (κ1) is 14.6. The summed E-state index contributed by atoms with van der Waals surface area (Å²) >= 11 is 0. The van der Waals surface area contributed by atoms with Crippen molar-refractivity contribution >= 4 is 23.3 Å². The number of esters is 1. The van der Waals surface area contributed by atoms with Gasteiger partial charge in [0, 0.05) is 11.9 Å². The highest BCUT2D eigenvalue weighted by atomic mass is 16.5. The van der Waals surface area contributed by atoms with Crippen LogP contribution in [0.4, 0.5) is 11.4 Å². The fraction of sp³-hybridized carbons (Fsp3) is 0.200. The number of nitrogens with two attached hydrogens (primary N) is 1. The maximum atomic E-state index is 12.1. The van der Waals surface area contributed by atoms with E-state index in [0.29, 0.717) is 5.69 Å². The molecule has 0 aliphatic carbocycles. The van der Waals surface area contributed by atoms with Gasteiger partial charge in [0.15, 0.2) is 0 Å². The smallest absolute Gasteiger partial charge is 0.354 e. The van der Waals surface area contributed by atoms with E-state index in [2.05, 4.69) is 10.1 Å². The van der Waals surface area contributed by atoms with Crippen molar-refractivity contribution in [2.75, 3.05) is 18.2 Å². The zero-order chi connectivity index (χ0) is 15.4. The average molecular weight is 287 g/mol. The molecular weight excluding hydrogens is 270 g/mol. The molecule has 0 saturated carbocycles. The molecule has 0 unspecified atom stereocenters. The van der Waals surface area contributed by atoms with Crippen LogP contribution in [0, 0.1) is 6.92 Å². The molecule has 0 aliphatic heterocycles. The van der Waals surface area contributed by atoms with E-state index < -0.39 is 5.97 Å². The Bertz CT molecular complexity index is 677. The molecule has 2 aromatic rings. The Hall–Kier alpha value is -2.76.